The van der Waals surface area contributed by atoms with Gasteiger partial charge in [-0.3, -0.25) is 0 Å². The SMILES string of the molecule is CCCCCc1ccc(S(=O)(=O)N2CCN(c3ccccc3F)CC2)cc1. The summed E-state index contributed by atoms with van der Waals surface area (Å²) in [5, 5.41) is 0. The number of rotatable bonds is 7. The fourth-order valence-corrected chi connectivity index (χ4v) is 4.86. The van der Waals surface area contributed by atoms with E-state index in [1.165, 1.54) is 28.8 Å². The summed E-state index contributed by atoms with van der Waals surface area (Å²) < 4.78 is 41.2. The molecule has 27 heavy (non-hydrogen) atoms. The summed E-state index contributed by atoms with van der Waals surface area (Å²) in [7, 11) is -3.51. The highest BCUT2D eigenvalue weighted by Crippen LogP contribution is 2.23. The molecule has 0 bridgehead atoms. The molecule has 1 heterocycles. The molecule has 0 atom stereocenters. The topological polar surface area (TPSA) is 40.6 Å². The van der Waals surface area contributed by atoms with Gasteiger partial charge in [-0.15, -0.1) is 0 Å². The van der Waals surface area contributed by atoms with E-state index < -0.39 is 10.0 Å². The predicted octanol–water partition coefficient (Wildman–Crippen LogP) is 4.07. The first-order valence-corrected chi connectivity index (χ1v) is 11.0. The average molecular weight is 391 g/mol. The van der Waals surface area contributed by atoms with Gasteiger partial charge in [-0.25, -0.2) is 12.8 Å². The van der Waals surface area contributed by atoms with Crippen molar-refractivity contribution in [3.05, 3.63) is 59.9 Å². The van der Waals surface area contributed by atoms with Gasteiger partial charge in [0.1, 0.15) is 5.82 Å². The van der Waals surface area contributed by atoms with Crippen LogP contribution >= 0.6 is 0 Å². The van der Waals surface area contributed by atoms with Gasteiger partial charge in [0.2, 0.25) is 10.0 Å². The van der Waals surface area contributed by atoms with Gasteiger partial charge in [0.25, 0.3) is 0 Å². The third-order valence-electron chi connectivity index (χ3n) is 5.06. The number of halogens is 1. The molecular weight excluding hydrogens is 363 g/mol. The van der Waals surface area contributed by atoms with Crippen molar-refractivity contribution in [1.82, 2.24) is 4.31 Å². The Morgan fingerprint density at radius 3 is 2.22 bits per heavy atom. The second kappa shape index (κ2) is 8.85. The summed E-state index contributed by atoms with van der Waals surface area (Å²) >= 11 is 0. The minimum Gasteiger partial charge on any atom is -0.367 e. The number of anilines is 1. The zero-order valence-corrected chi connectivity index (χ0v) is 16.6. The van der Waals surface area contributed by atoms with Gasteiger partial charge >= 0.3 is 0 Å². The van der Waals surface area contributed by atoms with Crippen molar-refractivity contribution < 1.29 is 12.8 Å². The van der Waals surface area contributed by atoms with Crippen LogP contribution < -0.4 is 4.90 Å². The van der Waals surface area contributed by atoms with E-state index in [9.17, 15) is 12.8 Å². The molecule has 2 aromatic rings. The van der Waals surface area contributed by atoms with E-state index in [-0.39, 0.29) is 5.82 Å². The Hall–Kier alpha value is -1.92. The van der Waals surface area contributed by atoms with Crippen LogP contribution in [-0.2, 0) is 16.4 Å². The Bertz CT molecular complexity index is 845. The fourth-order valence-electron chi connectivity index (χ4n) is 3.43. The third-order valence-corrected chi connectivity index (χ3v) is 6.97. The standard InChI is InChI=1S/C21H27FN2O2S/c1-2-3-4-7-18-10-12-19(13-11-18)27(25,26)24-16-14-23(15-17-24)21-9-6-5-8-20(21)22/h5-6,8-13H,2-4,7,14-17H2,1H3. The van der Waals surface area contributed by atoms with E-state index in [0.717, 1.165) is 12.8 Å². The highest BCUT2D eigenvalue weighted by Gasteiger charge is 2.29. The Kier molecular flexibility index (Phi) is 6.50. The van der Waals surface area contributed by atoms with Gasteiger partial charge < -0.3 is 4.90 Å². The second-order valence-corrected chi connectivity index (χ2v) is 8.88. The molecular formula is C21H27FN2O2S. The zero-order valence-electron chi connectivity index (χ0n) is 15.8. The second-order valence-electron chi connectivity index (χ2n) is 6.94. The minimum atomic E-state index is -3.51. The normalized spacial score (nSPS) is 15.9. The summed E-state index contributed by atoms with van der Waals surface area (Å²) in [4.78, 5) is 2.24. The molecule has 0 spiro atoms. The van der Waals surface area contributed by atoms with Gasteiger partial charge in [0.05, 0.1) is 10.6 Å². The molecule has 4 nitrogen and oxygen atoms in total. The zero-order chi connectivity index (χ0) is 19.3. The van der Waals surface area contributed by atoms with Crippen LogP contribution in [0.4, 0.5) is 10.1 Å². The van der Waals surface area contributed by atoms with E-state index >= 15 is 0 Å². The maximum absolute atomic E-state index is 13.9. The smallest absolute Gasteiger partial charge is 0.243 e. The first kappa shape index (κ1) is 19.8. The van der Waals surface area contributed by atoms with Crippen LogP contribution in [-0.4, -0.2) is 38.9 Å². The molecule has 1 aliphatic heterocycles. The van der Waals surface area contributed by atoms with Gasteiger partial charge in [0.15, 0.2) is 0 Å². The van der Waals surface area contributed by atoms with Gasteiger partial charge in [-0.1, -0.05) is 44.0 Å². The van der Waals surface area contributed by atoms with Crippen LogP contribution in [0.2, 0.25) is 0 Å². The number of hydrogen-bond donors (Lipinski definition) is 0. The van der Waals surface area contributed by atoms with Gasteiger partial charge in [0, 0.05) is 26.2 Å². The number of sulfonamides is 1. The van der Waals surface area contributed by atoms with Crippen molar-refractivity contribution in [1.29, 1.82) is 0 Å². The third kappa shape index (κ3) is 4.68. The number of piperazine rings is 1. The summed E-state index contributed by atoms with van der Waals surface area (Å²) in [6.07, 6.45) is 4.47. The summed E-state index contributed by atoms with van der Waals surface area (Å²) in [5.74, 6) is -0.271. The molecule has 0 unspecified atom stereocenters. The largest absolute Gasteiger partial charge is 0.367 e. The number of para-hydroxylation sites is 1. The quantitative estimate of drug-likeness (QED) is 0.669. The molecule has 0 aromatic heterocycles. The van der Waals surface area contributed by atoms with Gasteiger partial charge in [-0.05, 0) is 42.7 Å². The van der Waals surface area contributed by atoms with Gasteiger partial charge in [-0.2, -0.15) is 4.31 Å². The van der Waals surface area contributed by atoms with Crippen molar-refractivity contribution in [3.63, 3.8) is 0 Å². The number of aryl methyl sites for hydroxylation is 1. The maximum Gasteiger partial charge on any atom is 0.243 e. The number of benzene rings is 2. The van der Waals surface area contributed by atoms with E-state index in [4.69, 9.17) is 0 Å². The molecule has 1 aliphatic rings. The van der Waals surface area contributed by atoms with E-state index in [0.29, 0.717) is 36.8 Å². The van der Waals surface area contributed by atoms with Crippen LogP contribution in [0.1, 0.15) is 31.7 Å². The lowest BCUT2D eigenvalue weighted by atomic mass is 10.1. The molecule has 1 fully saturated rings. The number of hydrogen-bond acceptors (Lipinski definition) is 3. The Labute approximate surface area is 161 Å². The Balaban J connectivity index is 1.64. The van der Waals surface area contributed by atoms with Crippen molar-refractivity contribution in [2.75, 3.05) is 31.1 Å². The molecule has 0 amide bonds. The molecule has 2 aromatic carbocycles. The van der Waals surface area contributed by atoms with Crippen molar-refractivity contribution in [2.45, 2.75) is 37.5 Å². The average Bonchev–Trinajstić information content (AvgIpc) is 2.69. The summed E-state index contributed by atoms with van der Waals surface area (Å²) in [6, 6.07) is 13.9. The number of nitrogens with zero attached hydrogens (tertiary/aromatic N) is 2. The van der Waals surface area contributed by atoms with E-state index in [1.54, 1.807) is 30.3 Å². The van der Waals surface area contributed by atoms with Crippen molar-refractivity contribution >= 4 is 15.7 Å². The molecule has 6 heteroatoms. The molecule has 3 rings (SSSR count). The lowest BCUT2D eigenvalue weighted by Gasteiger charge is -2.35. The van der Waals surface area contributed by atoms with E-state index in [2.05, 4.69) is 6.92 Å². The molecule has 0 aliphatic carbocycles. The molecule has 0 N–H and O–H groups in total. The van der Waals surface area contributed by atoms with Crippen LogP contribution in [0.15, 0.2) is 53.4 Å². The van der Waals surface area contributed by atoms with Crippen LogP contribution in [0.5, 0.6) is 0 Å². The highest BCUT2D eigenvalue weighted by molar-refractivity contribution is 7.89. The van der Waals surface area contributed by atoms with Crippen LogP contribution in [0.25, 0.3) is 0 Å². The first-order chi connectivity index (χ1) is 13.0. The van der Waals surface area contributed by atoms with Crippen LogP contribution in [0, 0.1) is 5.82 Å². The lowest BCUT2D eigenvalue weighted by Crippen LogP contribution is -2.48. The van der Waals surface area contributed by atoms with Crippen molar-refractivity contribution in [3.8, 4) is 0 Å². The van der Waals surface area contributed by atoms with Crippen LogP contribution in [0.3, 0.4) is 0 Å². The highest BCUT2D eigenvalue weighted by atomic mass is 32.2. The fraction of sp³-hybridized carbons (Fsp3) is 0.429. The molecule has 1 saturated heterocycles. The van der Waals surface area contributed by atoms with Crippen molar-refractivity contribution in [2.24, 2.45) is 0 Å². The lowest BCUT2D eigenvalue weighted by molar-refractivity contribution is 0.383. The molecule has 0 radical (unpaired) electrons. The number of unbranched alkanes of at least 4 members (excludes halogenated alkanes) is 2. The predicted molar refractivity (Wildman–Crippen MR) is 107 cm³/mol. The maximum atomic E-state index is 13.9. The molecule has 0 saturated carbocycles. The Morgan fingerprint density at radius 1 is 0.926 bits per heavy atom. The monoisotopic (exact) mass is 390 g/mol. The minimum absolute atomic E-state index is 0.271. The van der Waals surface area contributed by atoms with E-state index in [1.807, 2.05) is 17.0 Å². The first-order valence-electron chi connectivity index (χ1n) is 9.61. The summed E-state index contributed by atoms with van der Waals surface area (Å²) in [6.45, 7) is 3.84. The Morgan fingerprint density at radius 2 is 1.59 bits per heavy atom. The summed E-state index contributed by atoms with van der Waals surface area (Å²) in [5.41, 5.74) is 1.71. The molecule has 146 valence electrons.